The first-order chi connectivity index (χ1) is 8.83. The van der Waals surface area contributed by atoms with E-state index in [1.807, 2.05) is 17.8 Å². The average molecular weight is 275 g/mol. The molecule has 1 aliphatic carbocycles. The van der Waals surface area contributed by atoms with Crippen LogP contribution in [-0.2, 0) is 12.2 Å². The number of halogens is 1. The van der Waals surface area contributed by atoms with Crippen LogP contribution in [0, 0.1) is 0 Å². The Hall–Kier alpha value is -0.920. The van der Waals surface area contributed by atoms with Crippen LogP contribution in [-0.4, -0.2) is 0 Å². The lowest BCUT2D eigenvalue weighted by atomic mass is 10.0. The Morgan fingerprint density at radius 1 is 1.06 bits per heavy atom. The SMILES string of the molecule is Clc1ccc2c(c1)CSC1=C(C=CCC1)/C=C\C2. The molecule has 0 N–H and O–H groups in total. The van der Waals surface area contributed by atoms with Gasteiger partial charge in [-0.2, -0.15) is 0 Å². The highest BCUT2D eigenvalue weighted by atomic mass is 35.5. The third-order valence-electron chi connectivity index (χ3n) is 3.36. The molecule has 0 aromatic heterocycles. The molecule has 0 amide bonds. The Balaban J connectivity index is 1.96. The first-order valence-corrected chi connectivity index (χ1v) is 7.65. The lowest BCUT2D eigenvalue weighted by Gasteiger charge is -2.13. The first kappa shape index (κ1) is 12.1. The smallest absolute Gasteiger partial charge is 0.0409 e. The minimum absolute atomic E-state index is 0.843. The van der Waals surface area contributed by atoms with Gasteiger partial charge in [-0.15, -0.1) is 11.8 Å². The van der Waals surface area contributed by atoms with Crippen molar-refractivity contribution in [3.05, 3.63) is 69.1 Å². The summed E-state index contributed by atoms with van der Waals surface area (Å²) in [6.07, 6.45) is 12.4. The predicted octanol–water partition coefficient (Wildman–Crippen LogP) is 5.29. The number of thioether (sulfide) groups is 1. The summed E-state index contributed by atoms with van der Waals surface area (Å²) in [5.41, 5.74) is 4.16. The van der Waals surface area contributed by atoms with E-state index in [0.717, 1.165) is 17.2 Å². The van der Waals surface area contributed by atoms with Gasteiger partial charge in [-0.05, 0) is 53.0 Å². The molecule has 1 aromatic carbocycles. The van der Waals surface area contributed by atoms with E-state index in [-0.39, 0.29) is 0 Å². The number of rotatable bonds is 0. The van der Waals surface area contributed by atoms with Gasteiger partial charge >= 0.3 is 0 Å². The highest BCUT2D eigenvalue weighted by molar-refractivity contribution is 8.02. The van der Waals surface area contributed by atoms with Crippen LogP contribution in [0.25, 0.3) is 0 Å². The van der Waals surface area contributed by atoms with Crippen LogP contribution in [0.3, 0.4) is 0 Å². The fraction of sp³-hybridized carbons (Fsp3) is 0.250. The Morgan fingerprint density at radius 3 is 2.89 bits per heavy atom. The lowest BCUT2D eigenvalue weighted by molar-refractivity contribution is 1.01. The number of allylic oxidation sites excluding steroid dienone is 6. The second-order valence-corrected chi connectivity index (χ2v) is 6.13. The van der Waals surface area contributed by atoms with Gasteiger partial charge in [0.15, 0.2) is 0 Å². The van der Waals surface area contributed by atoms with Crippen LogP contribution in [0.1, 0.15) is 24.0 Å². The molecule has 0 atom stereocenters. The van der Waals surface area contributed by atoms with Crippen molar-refractivity contribution >= 4 is 23.4 Å². The summed E-state index contributed by atoms with van der Waals surface area (Å²) in [6, 6.07) is 6.26. The van der Waals surface area contributed by atoms with Crippen molar-refractivity contribution < 1.29 is 0 Å². The van der Waals surface area contributed by atoms with Gasteiger partial charge in [-0.1, -0.05) is 42.0 Å². The molecule has 0 saturated carbocycles. The van der Waals surface area contributed by atoms with Crippen LogP contribution in [0.4, 0.5) is 0 Å². The zero-order valence-electron chi connectivity index (χ0n) is 10.2. The molecule has 0 unspecified atom stereocenters. The van der Waals surface area contributed by atoms with Crippen molar-refractivity contribution in [3.8, 4) is 0 Å². The highest BCUT2D eigenvalue weighted by Crippen LogP contribution is 2.34. The predicted molar refractivity (Wildman–Crippen MR) is 81.0 cm³/mol. The van der Waals surface area contributed by atoms with Crippen molar-refractivity contribution in [2.24, 2.45) is 0 Å². The van der Waals surface area contributed by atoms with Gasteiger partial charge in [0.25, 0.3) is 0 Å². The average Bonchev–Trinajstić information content (AvgIpc) is 2.47. The molecule has 1 heterocycles. The van der Waals surface area contributed by atoms with Crippen LogP contribution >= 0.6 is 23.4 Å². The summed E-state index contributed by atoms with van der Waals surface area (Å²) in [6.45, 7) is 0. The van der Waals surface area contributed by atoms with E-state index in [0.29, 0.717) is 0 Å². The van der Waals surface area contributed by atoms with E-state index >= 15 is 0 Å². The molecule has 2 heteroatoms. The minimum atomic E-state index is 0.843. The number of benzene rings is 1. The lowest BCUT2D eigenvalue weighted by Crippen LogP contribution is -1.92. The Kier molecular flexibility index (Phi) is 3.62. The Morgan fingerprint density at radius 2 is 1.94 bits per heavy atom. The molecule has 1 aliphatic heterocycles. The highest BCUT2D eigenvalue weighted by Gasteiger charge is 2.11. The van der Waals surface area contributed by atoms with E-state index in [1.165, 1.54) is 34.4 Å². The molecule has 0 nitrogen and oxygen atoms in total. The standard InChI is InChI=1S/C16H15ClS/c17-15-9-8-12-5-3-6-13-4-1-2-7-16(13)18-11-14(12)10-15/h1,3-4,6,8-10H,2,5,7,11H2/b6-3-. The second kappa shape index (κ2) is 5.38. The zero-order valence-corrected chi connectivity index (χ0v) is 11.7. The molecular weight excluding hydrogens is 260 g/mol. The molecule has 0 bridgehead atoms. The molecule has 92 valence electrons. The summed E-state index contributed by atoms with van der Waals surface area (Å²) in [5.74, 6) is 1.03. The number of fused-ring (bicyclic) bond motifs is 1. The summed E-state index contributed by atoms with van der Waals surface area (Å²) in [4.78, 5) is 1.52. The zero-order chi connectivity index (χ0) is 12.4. The molecule has 2 aliphatic rings. The van der Waals surface area contributed by atoms with Gasteiger partial charge in [-0.25, -0.2) is 0 Å². The first-order valence-electron chi connectivity index (χ1n) is 6.29. The maximum absolute atomic E-state index is 6.10. The third kappa shape index (κ3) is 2.57. The van der Waals surface area contributed by atoms with Crippen molar-refractivity contribution in [2.75, 3.05) is 0 Å². The summed E-state index contributed by atoms with van der Waals surface area (Å²) < 4.78 is 0. The van der Waals surface area contributed by atoms with Crippen LogP contribution < -0.4 is 0 Å². The number of hydrogen-bond acceptors (Lipinski definition) is 1. The third-order valence-corrected chi connectivity index (χ3v) is 4.84. The maximum Gasteiger partial charge on any atom is 0.0409 e. The van der Waals surface area contributed by atoms with Crippen molar-refractivity contribution in [2.45, 2.75) is 25.0 Å². The van der Waals surface area contributed by atoms with Crippen LogP contribution in [0.5, 0.6) is 0 Å². The molecule has 0 radical (unpaired) electrons. The topological polar surface area (TPSA) is 0 Å². The van der Waals surface area contributed by atoms with Gasteiger partial charge < -0.3 is 0 Å². The van der Waals surface area contributed by atoms with E-state index in [4.69, 9.17) is 11.6 Å². The molecule has 1 aromatic rings. The Bertz CT molecular complexity index is 552. The Labute approximate surface area is 117 Å². The van der Waals surface area contributed by atoms with E-state index in [1.54, 1.807) is 0 Å². The maximum atomic E-state index is 6.10. The van der Waals surface area contributed by atoms with E-state index < -0.39 is 0 Å². The molecule has 3 rings (SSSR count). The monoisotopic (exact) mass is 274 g/mol. The van der Waals surface area contributed by atoms with Gasteiger partial charge in [0.2, 0.25) is 0 Å². The van der Waals surface area contributed by atoms with Gasteiger partial charge in [-0.3, -0.25) is 0 Å². The van der Waals surface area contributed by atoms with Crippen molar-refractivity contribution in [1.82, 2.24) is 0 Å². The molecule has 0 saturated heterocycles. The largest absolute Gasteiger partial charge is 0.125 e. The molecule has 18 heavy (non-hydrogen) atoms. The second-order valence-electron chi connectivity index (χ2n) is 4.63. The molecule has 0 spiro atoms. The summed E-state index contributed by atoms with van der Waals surface area (Å²) in [5, 5.41) is 0.843. The van der Waals surface area contributed by atoms with Crippen molar-refractivity contribution in [3.63, 3.8) is 0 Å². The molecule has 0 fully saturated rings. The quantitative estimate of drug-likeness (QED) is 0.619. The summed E-state index contributed by atoms with van der Waals surface area (Å²) >= 11 is 8.06. The van der Waals surface area contributed by atoms with Gasteiger partial charge in [0.1, 0.15) is 0 Å². The van der Waals surface area contributed by atoms with Gasteiger partial charge in [0.05, 0.1) is 0 Å². The summed E-state index contributed by atoms with van der Waals surface area (Å²) in [7, 11) is 0. The van der Waals surface area contributed by atoms with E-state index in [2.05, 4.69) is 36.4 Å². The minimum Gasteiger partial charge on any atom is -0.125 e. The fourth-order valence-corrected chi connectivity index (χ4v) is 3.73. The van der Waals surface area contributed by atoms with Crippen LogP contribution in [0.15, 0.2) is 53.0 Å². The molecular formula is C16H15ClS. The van der Waals surface area contributed by atoms with Crippen LogP contribution in [0.2, 0.25) is 5.02 Å². The fourth-order valence-electron chi connectivity index (χ4n) is 2.37. The van der Waals surface area contributed by atoms with Gasteiger partial charge in [0, 0.05) is 10.8 Å². The van der Waals surface area contributed by atoms with Crippen molar-refractivity contribution in [1.29, 1.82) is 0 Å². The van der Waals surface area contributed by atoms with E-state index in [9.17, 15) is 0 Å². The number of hydrogen-bond donors (Lipinski definition) is 0. The normalized spacial score (nSPS) is 20.5.